The van der Waals surface area contributed by atoms with Gasteiger partial charge in [-0.1, -0.05) is 14.9 Å². The normalized spacial score (nSPS) is 13.2. The first-order valence-electron chi connectivity index (χ1n) is 9.98. The predicted octanol–water partition coefficient (Wildman–Crippen LogP) is 6.13. The molecular weight excluding hydrogens is 565 g/mol. The number of alkyl halides is 6. The fraction of sp³-hybridized carbons (Fsp3) is 0.478. The van der Waals surface area contributed by atoms with E-state index in [1.54, 1.807) is 0 Å². The lowest BCUT2D eigenvalue weighted by Crippen LogP contribution is -2.32. The molecule has 3 heterocycles. The molecule has 2 aromatic rings. The fourth-order valence-electron chi connectivity index (χ4n) is 2.98. The number of carbonyl (C=O) groups is 2. The Hall–Kier alpha value is -2.48. The number of pyridine rings is 2. The average molecular weight is 597 g/mol. The first kappa shape index (κ1) is 40.0. The number of piperidine rings is 1. The van der Waals surface area contributed by atoms with Crippen LogP contribution < -0.4 is 5.32 Å². The molecule has 1 aliphatic heterocycles. The van der Waals surface area contributed by atoms with E-state index in [0.29, 0.717) is 0 Å². The molecule has 38 heavy (non-hydrogen) atoms. The highest BCUT2D eigenvalue weighted by atomic mass is 35.5. The Bertz CT molecular complexity index is 969. The van der Waals surface area contributed by atoms with Crippen molar-refractivity contribution >= 4 is 36.5 Å². The van der Waals surface area contributed by atoms with Crippen molar-refractivity contribution in [2.75, 3.05) is 27.2 Å². The molecule has 0 spiro atoms. The first-order valence-corrected chi connectivity index (χ1v) is 9.98. The molecule has 7 nitrogen and oxygen atoms in total. The van der Waals surface area contributed by atoms with Crippen LogP contribution in [0.4, 0.5) is 26.3 Å². The lowest BCUT2D eigenvalue weighted by molar-refractivity contribution is -0.142. The van der Waals surface area contributed by atoms with Gasteiger partial charge in [0.15, 0.2) is 5.78 Å². The van der Waals surface area contributed by atoms with Crippen LogP contribution in [-0.2, 0) is 17.2 Å². The van der Waals surface area contributed by atoms with Crippen LogP contribution in [-0.4, -0.2) is 54.0 Å². The van der Waals surface area contributed by atoms with E-state index in [0.717, 1.165) is 61.6 Å². The number of hydrogen-bond acceptors (Lipinski definition) is 6. The number of ketones is 1. The number of halogens is 8. The third-order valence-electron chi connectivity index (χ3n) is 4.91. The lowest BCUT2D eigenvalue weighted by Gasteiger charge is -2.21. The van der Waals surface area contributed by atoms with Crippen LogP contribution in [0.2, 0.25) is 0 Å². The maximum absolute atomic E-state index is 12.3. The van der Waals surface area contributed by atoms with Gasteiger partial charge in [-0.15, -0.1) is 24.8 Å². The van der Waals surface area contributed by atoms with Crippen LogP contribution in [0.15, 0.2) is 36.7 Å². The molecule has 0 aromatic carbocycles. The van der Waals surface area contributed by atoms with E-state index in [2.05, 4.69) is 20.1 Å². The van der Waals surface area contributed by atoms with Gasteiger partial charge >= 0.3 is 12.4 Å². The van der Waals surface area contributed by atoms with E-state index in [9.17, 15) is 35.9 Å². The minimum atomic E-state index is -4.51. The van der Waals surface area contributed by atoms with Crippen molar-refractivity contribution in [2.24, 2.45) is 5.92 Å². The van der Waals surface area contributed by atoms with Crippen LogP contribution in [0.3, 0.4) is 0 Å². The Morgan fingerprint density at radius 1 is 0.868 bits per heavy atom. The third-order valence-corrected chi connectivity index (χ3v) is 4.91. The maximum Gasteiger partial charge on any atom is 0.433 e. The van der Waals surface area contributed by atoms with Crippen molar-refractivity contribution in [3.8, 4) is 0 Å². The lowest BCUT2D eigenvalue weighted by atomic mass is 9.90. The number of hydroxylamine groups is 2. The minimum absolute atomic E-state index is 0. The number of nitrogens with one attached hydrogen (secondary N) is 1. The van der Waals surface area contributed by atoms with Crippen LogP contribution in [0.25, 0.3) is 0 Å². The number of Topliss-reactive ketones (excluding diaryl/α,β-unsaturated/α-hetero) is 1. The van der Waals surface area contributed by atoms with E-state index < -0.39 is 29.6 Å². The number of carbonyl (C=O) groups excluding carboxylic acids is 2. The zero-order valence-electron chi connectivity index (χ0n) is 19.0. The molecule has 218 valence electrons. The second-order valence-electron chi connectivity index (χ2n) is 7.23. The molecule has 2 aromatic heterocycles. The number of amides is 1. The fourth-order valence-corrected chi connectivity index (χ4v) is 2.98. The monoisotopic (exact) mass is 596 g/mol. The van der Waals surface area contributed by atoms with Crippen molar-refractivity contribution in [1.29, 1.82) is 0 Å². The Morgan fingerprint density at radius 2 is 1.29 bits per heavy atom. The highest BCUT2D eigenvalue weighted by Gasteiger charge is 2.33. The maximum atomic E-state index is 12.3. The van der Waals surface area contributed by atoms with Gasteiger partial charge in [0.05, 0.1) is 12.7 Å². The Balaban J connectivity index is -0.000000587. The number of hydrogen-bond donors (Lipinski definition) is 1. The van der Waals surface area contributed by atoms with E-state index in [1.165, 1.54) is 20.2 Å². The quantitative estimate of drug-likeness (QED) is 0.259. The molecule has 0 bridgehead atoms. The highest BCUT2D eigenvalue weighted by Crippen LogP contribution is 2.28. The molecule has 0 radical (unpaired) electrons. The van der Waals surface area contributed by atoms with Gasteiger partial charge in [-0.3, -0.25) is 24.4 Å². The predicted molar refractivity (Wildman–Crippen MR) is 135 cm³/mol. The molecule has 0 saturated carbocycles. The van der Waals surface area contributed by atoms with Crippen molar-refractivity contribution in [3.63, 3.8) is 0 Å². The average Bonchev–Trinajstić information content (AvgIpc) is 2.82. The smallest absolute Gasteiger partial charge is 0.317 e. The van der Waals surface area contributed by atoms with Gasteiger partial charge in [0.25, 0.3) is 5.91 Å². The molecule has 1 saturated heterocycles. The van der Waals surface area contributed by atoms with Crippen molar-refractivity contribution in [1.82, 2.24) is 20.3 Å². The molecule has 0 unspecified atom stereocenters. The standard InChI is InChI=1S/C12H13F3N2O.C9H9F3N2O2.2CH4.2ClH/c13-12(14,15)10-2-1-9(7-17-10)11(18)8-3-5-16-6-4-8;1-14(16-2)8(15)6-3-4-7(13-5-6)9(10,11)12;;;;/h1-2,7-8,16H,3-6H2;3-5H,1-2H3;2*1H4;2*1H. The summed E-state index contributed by atoms with van der Waals surface area (Å²) in [5.41, 5.74) is -1.72. The molecule has 1 aliphatic rings. The first-order chi connectivity index (χ1) is 15.8. The second-order valence-corrected chi connectivity index (χ2v) is 7.23. The molecule has 0 atom stereocenters. The van der Waals surface area contributed by atoms with Gasteiger partial charge in [-0.05, 0) is 50.2 Å². The number of nitrogens with zero attached hydrogens (tertiary/aromatic N) is 3. The summed E-state index contributed by atoms with van der Waals surface area (Å²) in [6, 6.07) is 3.86. The Labute approximate surface area is 230 Å². The SMILES string of the molecule is C.C.CON(C)C(=O)c1ccc(C(F)(F)F)nc1.Cl.Cl.O=C(c1ccc(C(F)(F)F)nc1)C1CCNCC1. The van der Waals surface area contributed by atoms with Gasteiger partial charge in [0, 0.05) is 30.9 Å². The molecule has 1 amide bonds. The zero-order chi connectivity index (χ0) is 25.5. The van der Waals surface area contributed by atoms with E-state index in [4.69, 9.17) is 0 Å². The summed E-state index contributed by atoms with van der Waals surface area (Å²) in [6.07, 6.45) is -5.64. The summed E-state index contributed by atoms with van der Waals surface area (Å²) >= 11 is 0. The summed E-state index contributed by atoms with van der Waals surface area (Å²) in [5.74, 6) is -0.786. The van der Waals surface area contributed by atoms with E-state index >= 15 is 0 Å². The molecule has 1 fully saturated rings. The molecule has 15 heteroatoms. The summed E-state index contributed by atoms with van der Waals surface area (Å²) in [7, 11) is 2.62. The summed E-state index contributed by atoms with van der Waals surface area (Å²) in [4.78, 5) is 34.5. The third kappa shape index (κ3) is 11.5. The van der Waals surface area contributed by atoms with Crippen molar-refractivity contribution in [2.45, 2.75) is 40.0 Å². The number of aromatic nitrogens is 2. The molecule has 3 rings (SSSR count). The van der Waals surface area contributed by atoms with Gasteiger partial charge in [0.2, 0.25) is 0 Å². The number of rotatable bonds is 4. The zero-order valence-corrected chi connectivity index (χ0v) is 20.7. The Kier molecular flexibility index (Phi) is 18.1. The molecule has 1 N–H and O–H groups in total. The van der Waals surface area contributed by atoms with E-state index in [-0.39, 0.29) is 62.5 Å². The van der Waals surface area contributed by atoms with Gasteiger partial charge in [-0.25, -0.2) is 5.06 Å². The van der Waals surface area contributed by atoms with Gasteiger partial charge in [0.1, 0.15) is 11.4 Å². The topological polar surface area (TPSA) is 84.4 Å². The Morgan fingerprint density at radius 3 is 1.63 bits per heavy atom. The highest BCUT2D eigenvalue weighted by molar-refractivity contribution is 5.97. The summed E-state index contributed by atoms with van der Waals surface area (Å²) in [6.45, 7) is 1.54. The minimum Gasteiger partial charge on any atom is -0.317 e. The summed E-state index contributed by atoms with van der Waals surface area (Å²) < 4.78 is 73.4. The van der Waals surface area contributed by atoms with Crippen LogP contribution in [0, 0.1) is 5.92 Å². The van der Waals surface area contributed by atoms with Gasteiger partial charge < -0.3 is 5.32 Å². The van der Waals surface area contributed by atoms with E-state index in [1.807, 2.05) is 0 Å². The molecular formula is C23H32Cl2F6N4O3. The summed E-state index contributed by atoms with van der Waals surface area (Å²) in [5, 5.41) is 4.03. The van der Waals surface area contributed by atoms with Crippen molar-refractivity contribution in [3.05, 3.63) is 59.2 Å². The van der Waals surface area contributed by atoms with Crippen LogP contribution in [0.1, 0.15) is 59.8 Å². The van der Waals surface area contributed by atoms with Gasteiger partial charge in [-0.2, -0.15) is 26.3 Å². The van der Waals surface area contributed by atoms with Crippen molar-refractivity contribution < 1.29 is 40.8 Å². The van der Waals surface area contributed by atoms with Crippen LogP contribution in [0.5, 0.6) is 0 Å². The largest absolute Gasteiger partial charge is 0.433 e. The second kappa shape index (κ2) is 17.2. The van der Waals surface area contributed by atoms with Crippen LogP contribution >= 0.6 is 24.8 Å². The molecule has 0 aliphatic carbocycles.